The molecular formula is C34H39N3O3S2. The third-order valence-electron chi connectivity index (χ3n) is 6.67. The fourth-order valence-corrected chi connectivity index (χ4v) is 6.20. The van der Waals surface area contributed by atoms with Crippen molar-refractivity contribution in [1.29, 1.82) is 0 Å². The molecule has 0 amide bonds. The Morgan fingerprint density at radius 1 is 0.905 bits per heavy atom. The van der Waals surface area contributed by atoms with E-state index in [4.69, 9.17) is 0 Å². The van der Waals surface area contributed by atoms with E-state index in [0.717, 1.165) is 53.1 Å². The quantitative estimate of drug-likeness (QED) is 0.0937. The number of aromatic nitrogens is 1. The van der Waals surface area contributed by atoms with Gasteiger partial charge in [-0.15, -0.1) is 11.3 Å². The van der Waals surface area contributed by atoms with Gasteiger partial charge in [0.2, 0.25) is 0 Å². The van der Waals surface area contributed by atoms with Crippen LogP contribution in [-0.4, -0.2) is 31.6 Å². The van der Waals surface area contributed by atoms with Crippen molar-refractivity contribution in [3.8, 4) is 0 Å². The summed E-state index contributed by atoms with van der Waals surface area (Å²) in [5.74, 6) is 0. The lowest BCUT2D eigenvalue weighted by Gasteiger charge is -2.12. The van der Waals surface area contributed by atoms with Crippen LogP contribution >= 0.6 is 11.3 Å². The maximum atomic E-state index is 13.0. The van der Waals surface area contributed by atoms with Gasteiger partial charge in [-0.1, -0.05) is 79.7 Å². The number of aliphatic hydroxyl groups is 1. The van der Waals surface area contributed by atoms with Gasteiger partial charge in [0, 0.05) is 24.0 Å². The Morgan fingerprint density at radius 2 is 1.62 bits per heavy atom. The number of unbranched alkanes of at least 4 members (excludes halogenated alkanes) is 1. The predicted molar refractivity (Wildman–Crippen MR) is 174 cm³/mol. The standard InChI is InChI=1S/C34H39N3O3S2/c1-2-3-4-5-6-10-13-31-26-41-34(36-31)24-28-16-20-32(21-17-28)42(39,40)37-30-18-14-27(15-19-30)22-23-35-25-33(38)29-11-8-7-9-12-29/h3-4,7-21,26,33,35,37-38H,2,5-6,22-25H2,1H3/b4-3+,13-10+/t33-/m0/s1. The molecule has 42 heavy (non-hydrogen) atoms. The van der Waals surface area contributed by atoms with E-state index >= 15 is 0 Å². The smallest absolute Gasteiger partial charge is 0.261 e. The number of nitrogens with zero attached hydrogens (tertiary/aromatic N) is 1. The van der Waals surface area contributed by atoms with Gasteiger partial charge in [-0.3, -0.25) is 4.72 Å². The van der Waals surface area contributed by atoms with Crippen LogP contribution in [0, 0.1) is 0 Å². The monoisotopic (exact) mass is 601 g/mol. The molecule has 0 aliphatic heterocycles. The largest absolute Gasteiger partial charge is 0.387 e. The first-order chi connectivity index (χ1) is 20.4. The summed E-state index contributed by atoms with van der Waals surface area (Å²) in [6.45, 7) is 3.31. The number of benzene rings is 3. The van der Waals surface area contributed by atoms with Gasteiger partial charge < -0.3 is 10.4 Å². The lowest BCUT2D eigenvalue weighted by Crippen LogP contribution is -2.23. The van der Waals surface area contributed by atoms with Gasteiger partial charge in [0.25, 0.3) is 10.0 Å². The zero-order chi connectivity index (χ0) is 29.6. The van der Waals surface area contributed by atoms with E-state index in [1.165, 1.54) is 0 Å². The van der Waals surface area contributed by atoms with E-state index in [1.54, 1.807) is 35.6 Å². The van der Waals surface area contributed by atoms with Crippen LogP contribution in [0.2, 0.25) is 0 Å². The SMILES string of the molecule is CC/C=C/CC/C=C/c1csc(Cc2ccc(S(=O)(=O)Nc3ccc(CCNC[C@H](O)c4ccccc4)cc3)cc2)n1. The fourth-order valence-electron chi connectivity index (χ4n) is 4.34. The number of rotatable bonds is 16. The zero-order valence-electron chi connectivity index (χ0n) is 23.9. The normalized spacial score (nSPS) is 12.7. The fraction of sp³-hybridized carbons (Fsp3) is 0.265. The lowest BCUT2D eigenvalue weighted by atomic mass is 10.1. The minimum Gasteiger partial charge on any atom is -0.387 e. The average molecular weight is 602 g/mol. The van der Waals surface area contributed by atoms with Gasteiger partial charge in [0.15, 0.2) is 0 Å². The van der Waals surface area contributed by atoms with Crippen molar-refractivity contribution in [3.05, 3.63) is 130 Å². The molecule has 0 spiro atoms. The van der Waals surface area contributed by atoms with E-state index < -0.39 is 16.1 Å². The average Bonchev–Trinajstić information content (AvgIpc) is 3.45. The van der Waals surface area contributed by atoms with Crippen molar-refractivity contribution in [3.63, 3.8) is 0 Å². The Hall–Kier alpha value is -3.56. The summed E-state index contributed by atoms with van der Waals surface area (Å²) in [7, 11) is -3.70. The molecule has 1 aromatic heterocycles. The molecule has 4 rings (SSSR count). The number of sulfonamides is 1. The molecule has 1 heterocycles. The second kappa shape index (κ2) is 16.2. The molecule has 4 aromatic rings. The Bertz CT molecular complexity index is 1530. The summed E-state index contributed by atoms with van der Waals surface area (Å²) in [5, 5.41) is 16.6. The Kier molecular flexibility index (Phi) is 12.1. The van der Waals surface area contributed by atoms with Gasteiger partial charge in [-0.2, -0.15) is 0 Å². The van der Waals surface area contributed by atoms with Crippen molar-refractivity contribution in [2.45, 2.75) is 50.0 Å². The number of thiazole rings is 1. The molecule has 3 N–H and O–H groups in total. The van der Waals surface area contributed by atoms with Gasteiger partial charge in [-0.05, 0) is 79.3 Å². The minimum atomic E-state index is -3.70. The Labute approximate surface area is 253 Å². The molecule has 0 fully saturated rings. The second-order valence-corrected chi connectivity index (χ2v) is 12.7. The van der Waals surface area contributed by atoms with Crippen LogP contribution < -0.4 is 10.0 Å². The van der Waals surface area contributed by atoms with Crippen molar-refractivity contribution in [2.75, 3.05) is 17.8 Å². The van der Waals surface area contributed by atoms with Crippen LogP contribution in [0.25, 0.3) is 6.08 Å². The van der Waals surface area contributed by atoms with E-state index in [2.05, 4.69) is 51.6 Å². The first kappa shape index (κ1) is 31.4. The number of aliphatic hydroxyl groups excluding tert-OH is 1. The number of hydrogen-bond acceptors (Lipinski definition) is 6. The van der Waals surface area contributed by atoms with E-state index in [1.807, 2.05) is 54.6 Å². The number of anilines is 1. The van der Waals surface area contributed by atoms with E-state index in [0.29, 0.717) is 25.2 Å². The molecule has 220 valence electrons. The highest BCUT2D eigenvalue weighted by atomic mass is 32.2. The first-order valence-corrected chi connectivity index (χ1v) is 16.7. The summed E-state index contributed by atoms with van der Waals surface area (Å²) >= 11 is 1.61. The molecule has 6 nitrogen and oxygen atoms in total. The van der Waals surface area contributed by atoms with Gasteiger partial charge in [-0.25, -0.2) is 13.4 Å². The van der Waals surface area contributed by atoms with Crippen LogP contribution in [0.15, 0.2) is 107 Å². The molecule has 0 saturated heterocycles. The van der Waals surface area contributed by atoms with Crippen LogP contribution in [0.1, 0.15) is 59.7 Å². The molecule has 0 aliphatic rings. The van der Waals surface area contributed by atoms with Crippen molar-refractivity contribution in [2.24, 2.45) is 0 Å². The molecule has 0 bridgehead atoms. The van der Waals surface area contributed by atoms with Crippen LogP contribution in [0.5, 0.6) is 0 Å². The van der Waals surface area contributed by atoms with Crippen molar-refractivity contribution < 1.29 is 13.5 Å². The molecule has 0 saturated carbocycles. The molecule has 0 radical (unpaired) electrons. The maximum Gasteiger partial charge on any atom is 0.261 e. The van der Waals surface area contributed by atoms with Crippen molar-refractivity contribution in [1.82, 2.24) is 10.3 Å². The van der Waals surface area contributed by atoms with Crippen molar-refractivity contribution >= 4 is 33.1 Å². The Morgan fingerprint density at radius 3 is 2.36 bits per heavy atom. The third-order valence-corrected chi connectivity index (χ3v) is 8.93. The maximum absolute atomic E-state index is 13.0. The molecule has 8 heteroatoms. The molecule has 1 atom stereocenters. The summed E-state index contributed by atoms with van der Waals surface area (Å²) in [4.78, 5) is 4.90. The third kappa shape index (κ3) is 10.1. The van der Waals surface area contributed by atoms with Crippen LogP contribution in [-0.2, 0) is 22.9 Å². The summed E-state index contributed by atoms with van der Waals surface area (Å²) in [5.41, 5.74) is 4.45. The summed E-state index contributed by atoms with van der Waals surface area (Å²) in [6, 6.07) is 23.9. The molecule has 0 unspecified atom stereocenters. The molecular weight excluding hydrogens is 563 g/mol. The van der Waals surface area contributed by atoms with Gasteiger partial charge >= 0.3 is 0 Å². The highest BCUT2D eigenvalue weighted by Gasteiger charge is 2.14. The summed E-state index contributed by atoms with van der Waals surface area (Å²) in [6.07, 6.45) is 12.6. The highest BCUT2D eigenvalue weighted by Crippen LogP contribution is 2.20. The summed E-state index contributed by atoms with van der Waals surface area (Å²) < 4.78 is 28.6. The number of nitrogens with one attached hydrogen (secondary N) is 2. The molecule has 3 aromatic carbocycles. The van der Waals surface area contributed by atoms with E-state index in [9.17, 15) is 13.5 Å². The lowest BCUT2D eigenvalue weighted by molar-refractivity contribution is 0.175. The van der Waals surface area contributed by atoms with E-state index in [-0.39, 0.29) is 4.90 Å². The first-order valence-electron chi connectivity index (χ1n) is 14.3. The Balaban J connectivity index is 1.23. The van der Waals surface area contributed by atoms with Crippen LogP contribution in [0.3, 0.4) is 0 Å². The zero-order valence-corrected chi connectivity index (χ0v) is 25.6. The number of hydrogen-bond donors (Lipinski definition) is 3. The highest BCUT2D eigenvalue weighted by molar-refractivity contribution is 7.92. The van der Waals surface area contributed by atoms with Gasteiger partial charge in [0.05, 0.1) is 21.7 Å². The minimum absolute atomic E-state index is 0.219. The second-order valence-electron chi connectivity index (χ2n) is 10.0. The predicted octanol–water partition coefficient (Wildman–Crippen LogP) is 7.16. The number of allylic oxidation sites excluding steroid dienone is 3. The van der Waals surface area contributed by atoms with Crippen LogP contribution in [0.4, 0.5) is 5.69 Å². The topological polar surface area (TPSA) is 91.3 Å². The molecule has 0 aliphatic carbocycles. The van der Waals surface area contributed by atoms with Gasteiger partial charge in [0.1, 0.15) is 0 Å².